The minimum atomic E-state index is 0.204. The molecule has 8 nitrogen and oxygen atoms in total. The number of rotatable bonds is 12. The first-order chi connectivity index (χ1) is 17.4. The number of nitrogens with zero attached hydrogens (tertiary/aromatic N) is 4. The van der Waals surface area contributed by atoms with Gasteiger partial charge >= 0.3 is 0 Å². The maximum Gasteiger partial charge on any atom is 0.188 e. The molecule has 36 heavy (non-hydrogen) atoms. The molecule has 0 aliphatic rings. The van der Waals surface area contributed by atoms with E-state index in [0.717, 1.165) is 45.4 Å². The Bertz CT molecular complexity index is 1100. The van der Waals surface area contributed by atoms with E-state index in [-0.39, 0.29) is 13.6 Å². The average Bonchev–Trinajstić information content (AvgIpc) is 2.88. The molecule has 0 bridgehead atoms. The molecule has 2 aromatic carbocycles. The van der Waals surface area contributed by atoms with E-state index in [9.17, 15) is 0 Å². The second kappa shape index (κ2) is 13.3. The van der Waals surface area contributed by atoms with Gasteiger partial charge in [-0.2, -0.15) is 0 Å². The average molecular weight is 491 g/mol. The van der Waals surface area contributed by atoms with E-state index in [1.807, 2.05) is 92.6 Å². The van der Waals surface area contributed by atoms with Crippen LogP contribution >= 0.6 is 0 Å². The van der Waals surface area contributed by atoms with Crippen LogP contribution in [0.25, 0.3) is 24.3 Å². The van der Waals surface area contributed by atoms with Gasteiger partial charge in [-0.25, -0.2) is 9.97 Å². The van der Waals surface area contributed by atoms with Crippen molar-refractivity contribution >= 4 is 35.7 Å². The summed E-state index contributed by atoms with van der Waals surface area (Å²) in [6, 6.07) is 13.9. The summed E-state index contributed by atoms with van der Waals surface area (Å²) in [5.41, 5.74) is 5.63. The smallest absolute Gasteiger partial charge is 0.188 e. The van der Waals surface area contributed by atoms with Crippen molar-refractivity contribution in [2.75, 3.05) is 65.8 Å². The van der Waals surface area contributed by atoms with Gasteiger partial charge in [0.2, 0.25) is 0 Å². The third kappa shape index (κ3) is 7.56. The number of anilines is 2. The highest BCUT2D eigenvalue weighted by molar-refractivity contribution is 5.75. The van der Waals surface area contributed by atoms with E-state index in [4.69, 9.17) is 18.9 Å². The lowest BCUT2D eigenvalue weighted by molar-refractivity contribution is 0.0513. The lowest BCUT2D eigenvalue weighted by Crippen LogP contribution is -2.11. The van der Waals surface area contributed by atoms with E-state index in [1.165, 1.54) is 0 Å². The molecule has 0 spiro atoms. The minimum absolute atomic E-state index is 0.204. The molecule has 0 atom stereocenters. The summed E-state index contributed by atoms with van der Waals surface area (Å²) in [5.74, 6) is 1.54. The Labute approximate surface area is 213 Å². The molecule has 1 aromatic heterocycles. The van der Waals surface area contributed by atoms with Gasteiger partial charge in [0.25, 0.3) is 0 Å². The molecule has 3 rings (SSSR count). The zero-order chi connectivity index (χ0) is 25.9. The third-order valence-corrected chi connectivity index (χ3v) is 5.20. The lowest BCUT2D eigenvalue weighted by Gasteiger charge is -2.18. The van der Waals surface area contributed by atoms with Crippen molar-refractivity contribution in [3.8, 4) is 11.5 Å². The lowest BCUT2D eigenvalue weighted by atomic mass is 10.1. The molecule has 8 heteroatoms. The fourth-order valence-electron chi connectivity index (χ4n) is 3.40. The van der Waals surface area contributed by atoms with Gasteiger partial charge in [-0.15, -0.1) is 0 Å². The van der Waals surface area contributed by atoms with Crippen LogP contribution in [0, 0.1) is 0 Å². The Kier molecular flexibility index (Phi) is 9.85. The van der Waals surface area contributed by atoms with Gasteiger partial charge in [-0.05, 0) is 53.6 Å². The van der Waals surface area contributed by atoms with Gasteiger partial charge < -0.3 is 28.7 Å². The summed E-state index contributed by atoms with van der Waals surface area (Å²) in [6.45, 7) is 0.408. The first kappa shape index (κ1) is 26.7. The van der Waals surface area contributed by atoms with E-state index in [0.29, 0.717) is 0 Å². The fourth-order valence-corrected chi connectivity index (χ4v) is 3.40. The largest absolute Gasteiger partial charge is 0.465 e. The van der Waals surface area contributed by atoms with Gasteiger partial charge in [0.05, 0.1) is 22.8 Å². The summed E-state index contributed by atoms with van der Waals surface area (Å²) in [4.78, 5) is 12.8. The van der Waals surface area contributed by atoms with Crippen LogP contribution in [0.1, 0.15) is 22.5 Å². The Balaban J connectivity index is 1.76. The van der Waals surface area contributed by atoms with Crippen molar-refractivity contribution in [2.24, 2.45) is 0 Å². The second-order valence-corrected chi connectivity index (χ2v) is 8.38. The number of hydrogen-bond acceptors (Lipinski definition) is 8. The molecule has 0 unspecified atom stereocenters. The van der Waals surface area contributed by atoms with Gasteiger partial charge in [-0.3, -0.25) is 0 Å². The molecule has 0 aliphatic heterocycles. The third-order valence-electron chi connectivity index (χ3n) is 5.20. The van der Waals surface area contributed by atoms with Crippen molar-refractivity contribution < 1.29 is 18.9 Å². The Hall–Kier alpha value is -3.88. The van der Waals surface area contributed by atoms with Crippen LogP contribution in [-0.4, -0.2) is 66.0 Å². The number of ether oxygens (including phenoxy) is 4. The maximum absolute atomic E-state index is 5.66. The molecule has 0 aliphatic carbocycles. The Morgan fingerprint density at radius 3 is 1.47 bits per heavy atom. The van der Waals surface area contributed by atoms with Crippen molar-refractivity contribution in [3.05, 3.63) is 71.3 Å². The molecule has 0 amide bonds. The molecule has 0 fully saturated rings. The molecule has 0 N–H and O–H groups in total. The minimum Gasteiger partial charge on any atom is -0.465 e. The monoisotopic (exact) mass is 490 g/mol. The fraction of sp³-hybridized carbons (Fsp3) is 0.286. The number of benzene rings is 2. The van der Waals surface area contributed by atoms with E-state index in [2.05, 4.69) is 22.1 Å². The van der Waals surface area contributed by atoms with E-state index in [1.54, 1.807) is 20.5 Å². The normalized spacial score (nSPS) is 11.3. The van der Waals surface area contributed by atoms with Crippen LogP contribution in [0.15, 0.2) is 48.8 Å². The second-order valence-electron chi connectivity index (χ2n) is 8.38. The number of methoxy groups -OCH3 is 2. The highest BCUT2D eigenvalue weighted by Gasteiger charge is 2.08. The SMILES string of the molecule is COCOc1ccc(/C=C/c2cc(/C=C/c3ccc(OCOC)c(N(C)C)c3)ncn2)cc1N(C)C. The number of aromatic nitrogens is 2. The predicted octanol–water partition coefficient (Wildman–Crippen LogP) is 4.91. The van der Waals surface area contributed by atoms with E-state index < -0.39 is 0 Å². The maximum atomic E-state index is 5.66. The van der Waals surface area contributed by atoms with Crippen molar-refractivity contribution in [1.82, 2.24) is 9.97 Å². The predicted molar refractivity (Wildman–Crippen MR) is 146 cm³/mol. The first-order valence-electron chi connectivity index (χ1n) is 11.5. The highest BCUT2D eigenvalue weighted by Crippen LogP contribution is 2.30. The first-order valence-corrected chi connectivity index (χ1v) is 11.5. The van der Waals surface area contributed by atoms with E-state index >= 15 is 0 Å². The van der Waals surface area contributed by atoms with Crippen molar-refractivity contribution in [2.45, 2.75) is 0 Å². The highest BCUT2D eigenvalue weighted by atomic mass is 16.7. The summed E-state index contributed by atoms with van der Waals surface area (Å²) < 4.78 is 21.4. The number of hydrogen-bond donors (Lipinski definition) is 0. The van der Waals surface area contributed by atoms with Gasteiger partial charge in [0.15, 0.2) is 13.6 Å². The van der Waals surface area contributed by atoms with Crippen LogP contribution in [0.5, 0.6) is 11.5 Å². The van der Waals surface area contributed by atoms with Crippen LogP contribution in [-0.2, 0) is 9.47 Å². The molecule has 0 radical (unpaired) electrons. The summed E-state index contributed by atoms with van der Waals surface area (Å²) >= 11 is 0. The molecular formula is C28H34N4O4. The van der Waals surface area contributed by atoms with Gasteiger partial charge in [0.1, 0.15) is 17.8 Å². The van der Waals surface area contributed by atoms with Crippen LogP contribution in [0.3, 0.4) is 0 Å². The van der Waals surface area contributed by atoms with Crippen LogP contribution in [0.4, 0.5) is 11.4 Å². The zero-order valence-electron chi connectivity index (χ0n) is 21.8. The Morgan fingerprint density at radius 1 is 0.639 bits per heavy atom. The topological polar surface area (TPSA) is 69.2 Å². The molecule has 1 heterocycles. The Morgan fingerprint density at radius 2 is 1.08 bits per heavy atom. The van der Waals surface area contributed by atoms with Gasteiger partial charge in [-0.1, -0.05) is 24.3 Å². The van der Waals surface area contributed by atoms with Crippen LogP contribution < -0.4 is 19.3 Å². The van der Waals surface area contributed by atoms with Crippen molar-refractivity contribution in [3.63, 3.8) is 0 Å². The quantitative estimate of drug-likeness (QED) is 0.332. The molecular weight excluding hydrogens is 456 g/mol. The zero-order valence-corrected chi connectivity index (χ0v) is 21.8. The van der Waals surface area contributed by atoms with Gasteiger partial charge in [0, 0.05) is 42.4 Å². The summed E-state index contributed by atoms with van der Waals surface area (Å²) in [7, 11) is 11.1. The van der Waals surface area contributed by atoms with Crippen molar-refractivity contribution in [1.29, 1.82) is 0 Å². The summed E-state index contributed by atoms with van der Waals surface area (Å²) in [6.07, 6.45) is 9.54. The summed E-state index contributed by atoms with van der Waals surface area (Å²) in [5, 5.41) is 0. The molecule has 3 aromatic rings. The molecule has 0 saturated heterocycles. The molecule has 190 valence electrons. The molecule has 0 saturated carbocycles. The van der Waals surface area contributed by atoms with Crippen LogP contribution in [0.2, 0.25) is 0 Å². The standard InChI is InChI=1S/C28H34N4O4/c1-31(2)25-15-21(9-13-27(25)35-19-33-5)7-11-23-17-24(30-18-29-23)12-8-22-10-14-28(36-20-34-6)26(16-22)32(3)4/h7-18H,19-20H2,1-6H3/b11-7+,12-8+.